The molecule has 1 aromatic heterocycles. The number of carboxylic acid groups (broad SMARTS) is 1. The van der Waals surface area contributed by atoms with Crippen molar-refractivity contribution < 1.29 is 19.1 Å². The Hall–Kier alpha value is -2.84. The van der Waals surface area contributed by atoms with Crippen LogP contribution in [-0.4, -0.2) is 37.6 Å². The SMILES string of the molecule is O=C(Nc1cccc(F)c1C(=O)O)c1nn[nH]n1. The highest BCUT2D eigenvalue weighted by atomic mass is 19.1. The van der Waals surface area contributed by atoms with Crippen LogP contribution in [0.2, 0.25) is 0 Å². The van der Waals surface area contributed by atoms with Crippen molar-refractivity contribution in [2.75, 3.05) is 5.32 Å². The number of halogens is 1. The molecule has 0 unspecified atom stereocenters. The number of amides is 1. The summed E-state index contributed by atoms with van der Waals surface area (Å²) in [7, 11) is 0. The van der Waals surface area contributed by atoms with Gasteiger partial charge in [-0.15, -0.1) is 10.2 Å². The number of carbonyl (C=O) groups excluding carboxylic acids is 1. The first-order valence-corrected chi connectivity index (χ1v) is 4.66. The molecule has 1 aromatic carbocycles. The van der Waals surface area contributed by atoms with Crippen LogP contribution < -0.4 is 5.32 Å². The molecule has 8 nitrogen and oxygen atoms in total. The number of H-pyrrole nitrogens is 1. The van der Waals surface area contributed by atoms with E-state index in [2.05, 4.69) is 25.9 Å². The van der Waals surface area contributed by atoms with Crippen LogP contribution in [0.25, 0.3) is 0 Å². The van der Waals surface area contributed by atoms with E-state index in [1.807, 2.05) is 0 Å². The maximum atomic E-state index is 13.3. The topological polar surface area (TPSA) is 121 Å². The summed E-state index contributed by atoms with van der Waals surface area (Å²) >= 11 is 0. The zero-order valence-corrected chi connectivity index (χ0v) is 8.72. The third kappa shape index (κ3) is 2.14. The zero-order chi connectivity index (χ0) is 13.1. The van der Waals surface area contributed by atoms with E-state index < -0.39 is 23.3 Å². The number of aromatic carboxylic acids is 1. The summed E-state index contributed by atoms with van der Waals surface area (Å²) < 4.78 is 13.3. The summed E-state index contributed by atoms with van der Waals surface area (Å²) in [6.07, 6.45) is 0. The second-order valence-corrected chi connectivity index (χ2v) is 3.16. The Kier molecular flexibility index (Phi) is 2.96. The molecule has 0 saturated heterocycles. The molecule has 18 heavy (non-hydrogen) atoms. The van der Waals surface area contributed by atoms with Crippen molar-refractivity contribution in [1.82, 2.24) is 20.6 Å². The zero-order valence-electron chi connectivity index (χ0n) is 8.72. The van der Waals surface area contributed by atoms with E-state index in [1.165, 1.54) is 12.1 Å². The van der Waals surface area contributed by atoms with E-state index in [1.54, 1.807) is 0 Å². The number of nitrogens with one attached hydrogen (secondary N) is 2. The van der Waals surface area contributed by atoms with Gasteiger partial charge in [0.25, 0.3) is 11.7 Å². The van der Waals surface area contributed by atoms with E-state index in [4.69, 9.17) is 5.11 Å². The van der Waals surface area contributed by atoms with Gasteiger partial charge in [-0.2, -0.15) is 5.21 Å². The van der Waals surface area contributed by atoms with Gasteiger partial charge in [0.2, 0.25) is 0 Å². The highest BCUT2D eigenvalue weighted by Crippen LogP contribution is 2.19. The van der Waals surface area contributed by atoms with Crippen LogP contribution in [0.4, 0.5) is 10.1 Å². The van der Waals surface area contributed by atoms with Gasteiger partial charge in [0.15, 0.2) is 0 Å². The summed E-state index contributed by atoms with van der Waals surface area (Å²) in [4.78, 5) is 22.4. The first kappa shape index (κ1) is 11.6. The molecule has 9 heteroatoms. The first-order chi connectivity index (χ1) is 8.59. The lowest BCUT2D eigenvalue weighted by Crippen LogP contribution is -2.17. The van der Waals surface area contributed by atoms with Gasteiger partial charge in [-0.05, 0) is 17.3 Å². The minimum absolute atomic E-state index is 0.183. The minimum Gasteiger partial charge on any atom is -0.478 e. The molecule has 0 aliphatic carbocycles. The standard InChI is InChI=1S/C9H6FN5O3/c10-4-2-1-3-5(6(4)9(17)18)11-8(16)7-12-14-15-13-7/h1-3H,(H,11,16)(H,17,18)(H,12,13,14,15). The van der Waals surface area contributed by atoms with Gasteiger partial charge in [-0.25, -0.2) is 9.18 Å². The summed E-state index contributed by atoms with van der Waals surface area (Å²) in [5, 5.41) is 23.1. The number of hydrogen-bond donors (Lipinski definition) is 3. The van der Waals surface area contributed by atoms with Crippen LogP contribution >= 0.6 is 0 Å². The number of hydrogen-bond acceptors (Lipinski definition) is 5. The lowest BCUT2D eigenvalue weighted by molar-refractivity contribution is 0.0693. The molecule has 3 N–H and O–H groups in total. The quantitative estimate of drug-likeness (QED) is 0.720. The van der Waals surface area contributed by atoms with Gasteiger partial charge in [-0.3, -0.25) is 4.79 Å². The van der Waals surface area contributed by atoms with Gasteiger partial charge in [-0.1, -0.05) is 6.07 Å². The van der Waals surface area contributed by atoms with E-state index in [9.17, 15) is 14.0 Å². The molecule has 0 spiro atoms. The molecule has 0 bridgehead atoms. The van der Waals surface area contributed by atoms with Gasteiger partial charge >= 0.3 is 5.97 Å². The molecule has 0 radical (unpaired) electrons. The van der Waals surface area contributed by atoms with Crippen LogP contribution in [-0.2, 0) is 0 Å². The molecular weight excluding hydrogens is 245 g/mol. The van der Waals surface area contributed by atoms with E-state index >= 15 is 0 Å². The second kappa shape index (κ2) is 4.57. The summed E-state index contributed by atoms with van der Waals surface area (Å²) in [5.41, 5.74) is -0.813. The van der Waals surface area contributed by atoms with Crippen molar-refractivity contribution in [2.24, 2.45) is 0 Å². The predicted octanol–water partition coefficient (Wildman–Crippen LogP) is 0.289. The van der Waals surface area contributed by atoms with Crippen molar-refractivity contribution in [1.29, 1.82) is 0 Å². The Morgan fingerprint density at radius 1 is 1.39 bits per heavy atom. The number of carbonyl (C=O) groups is 2. The summed E-state index contributed by atoms with van der Waals surface area (Å²) in [6.45, 7) is 0. The average molecular weight is 251 g/mol. The van der Waals surface area contributed by atoms with Gasteiger partial charge in [0.1, 0.15) is 11.4 Å². The van der Waals surface area contributed by atoms with Gasteiger partial charge in [0, 0.05) is 0 Å². The molecule has 2 aromatic rings. The Balaban J connectivity index is 2.32. The minimum atomic E-state index is -1.49. The highest BCUT2D eigenvalue weighted by Gasteiger charge is 2.19. The summed E-state index contributed by atoms with van der Waals surface area (Å²) in [6, 6.07) is 3.51. The van der Waals surface area contributed by atoms with Crippen LogP contribution in [0, 0.1) is 5.82 Å². The largest absolute Gasteiger partial charge is 0.478 e. The smallest absolute Gasteiger partial charge is 0.340 e. The van der Waals surface area contributed by atoms with Crippen molar-refractivity contribution in [3.8, 4) is 0 Å². The molecule has 2 rings (SSSR count). The van der Waals surface area contributed by atoms with Gasteiger partial charge < -0.3 is 10.4 Å². The number of carboxylic acids is 1. The van der Waals surface area contributed by atoms with Crippen molar-refractivity contribution in [3.63, 3.8) is 0 Å². The fourth-order valence-corrected chi connectivity index (χ4v) is 1.28. The fourth-order valence-electron chi connectivity index (χ4n) is 1.28. The fraction of sp³-hybridized carbons (Fsp3) is 0. The third-order valence-corrected chi connectivity index (χ3v) is 2.02. The molecule has 0 aliphatic rings. The molecule has 0 saturated carbocycles. The van der Waals surface area contributed by atoms with Crippen molar-refractivity contribution in [3.05, 3.63) is 35.4 Å². The highest BCUT2D eigenvalue weighted by molar-refractivity contribution is 6.05. The molecule has 92 valence electrons. The first-order valence-electron chi connectivity index (χ1n) is 4.66. The Labute approximate surface area is 98.8 Å². The predicted molar refractivity (Wildman–Crippen MR) is 55.5 cm³/mol. The molecule has 0 fully saturated rings. The maximum Gasteiger partial charge on any atom is 0.340 e. The van der Waals surface area contributed by atoms with E-state index in [-0.39, 0.29) is 11.5 Å². The van der Waals surface area contributed by atoms with Crippen LogP contribution in [0.3, 0.4) is 0 Å². The lowest BCUT2D eigenvalue weighted by Gasteiger charge is -2.06. The molecule has 0 atom stereocenters. The number of aromatic nitrogens is 4. The molecule has 0 aliphatic heterocycles. The number of nitrogens with zero attached hydrogens (tertiary/aromatic N) is 3. The number of tetrazole rings is 1. The third-order valence-electron chi connectivity index (χ3n) is 2.02. The van der Waals surface area contributed by atoms with Crippen LogP contribution in [0.15, 0.2) is 18.2 Å². The number of rotatable bonds is 3. The van der Waals surface area contributed by atoms with E-state index in [0.29, 0.717) is 0 Å². The number of aromatic amines is 1. The molecular formula is C9H6FN5O3. The second-order valence-electron chi connectivity index (χ2n) is 3.16. The Morgan fingerprint density at radius 3 is 2.78 bits per heavy atom. The van der Waals surface area contributed by atoms with E-state index in [0.717, 1.165) is 6.07 Å². The average Bonchev–Trinajstić information content (AvgIpc) is 2.81. The monoisotopic (exact) mass is 251 g/mol. The van der Waals surface area contributed by atoms with Crippen LogP contribution in [0.5, 0.6) is 0 Å². The number of benzene rings is 1. The van der Waals surface area contributed by atoms with Crippen LogP contribution in [0.1, 0.15) is 21.0 Å². The normalized spacial score (nSPS) is 10.1. The van der Waals surface area contributed by atoms with Gasteiger partial charge in [0.05, 0.1) is 5.69 Å². The molecule has 1 amide bonds. The molecule has 1 heterocycles. The Bertz CT molecular complexity index is 598. The van der Waals surface area contributed by atoms with Crippen molar-refractivity contribution >= 4 is 17.6 Å². The summed E-state index contributed by atoms with van der Waals surface area (Å²) in [5.74, 6) is -3.52. The maximum absolute atomic E-state index is 13.3. The Morgan fingerprint density at radius 2 is 2.17 bits per heavy atom. The van der Waals surface area contributed by atoms with Crippen molar-refractivity contribution in [2.45, 2.75) is 0 Å². The lowest BCUT2D eigenvalue weighted by atomic mass is 10.1. The number of anilines is 1.